The number of nitrogens with zero attached hydrogens (tertiary/aromatic N) is 2. The predicted molar refractivity (Wildman–Crippen MR) is 51.5 cm³/mol. The van der Waals surface area contributed by atoms with E-state index in [1.165, 1.54) is 4.90 Å². The van der Waals surface area contributed by atoms with E-state index >= 15 is 0 Å². The van der Waals surface area contributed by atoms with E-state index in [9.17, 15) is 13.2 Å². The fourth-order valence-electron chi connectivity index (χ4n) is 1.64. The molecule has 1 aliphatic rings. The topological polar surface area (TPSA) is 83.7 Å². The SMILES string of the molecule is CN1CCN(S(N)(=O)=O)C(C)(C)C1=O. The van der Waals surface area contributed by atoms with E-state index in [2.05, 4.69) is 0 Å². The maximum atomic E-state index is 11.7. The average molecular weight is 221 g/mol. The maximum absolute atomic E-state index is 11.7. The van der Waals surface area contributed by atoms with E-state index in [1.54, 1.807) is 20.9 Å². The van der Waals surface area contributed by atoms with Crippen LogP contribution in [-0.4, -0.2) is 49.2 Å². The largest absolute Gasteiger partial charge is 0.343 e. The van der Waals surface area contributed by atoms with Gasteiger partial charge in [0.1, 0.15) is 5.54 Å². The monoisotopic (exact) mass is 221 g/mol. The zero-order valence-electron chi connectivity index (χ0n) is 8.52. The normalized spacial score (nSPS) is 24.0. The molecular weight excluding hydrogens is 206 g/mol. The maximum Gasteiger partial charge on any atom is 0.277 e. The highest BCUT2D eigenvalue weighted by atomic mass is 32.2. The van der Waals surface area contributed by atoms with Gasteiger partial charge in [-0.15, -0.1) is 0 Å². The van der Waals surface area contributed by atoms with Crippen LogP contribution in [0.15, 0.2) is 0 Å². The van der Waals surface area contributed by atoms with Crippen LogP contribution >= 0.6 is 0 Å². The first kappa shape index (κ1) is 11.4. The molecule has 0 bridgehead atoms. The van der Waals surface area contributed by atoms with Gasteiger partial charge in [0.05, 0.1) is 0 Å². The van der Waals surface area contributed by atoms with Gasteiger partial charge in [-0.3, -0.25) is 4.79 Å². The van der Waals surface area contributed by atoms with E-state index in [4.69, 9.17) is 5.14 Å². The average Bonchev–Trinajstić information content (AvgIpc) is 1.97. The second-order valence-corrected chi connectivity index (χ2v) is 5.37. The minimum Gasteiger partial charge on any atom is -0.343 e. The van der Waals surface area contributed by atoms with E-state index in [1.807, 2.05) is 0 Å². The number of hydrogen-bond donors (Lipinski definition) is 1. The van der Waals surface area contributed by atoms with Gasteiger partial charge in [0.15, 0.2) is 0 Å². The zero-order chi connectivity index (χ0) is 11.1. The summed E-state index contributed by atoms with van der Waals surface area (Å²) in [6.45, 7) is 3.72. The first-order valence-corrected chi connectivity index (χ1v) is 5.74. The lowest BCUT2D eigenvalue weighted by atomic mass is 10.0. The van der Waals surface area contributed by atoms with Crippen LogP contribution in [0.3, 0.4) is 0 Å². The van der Waals surface area contributed by atoms with Crippen LogP contribution in [0.25, 0.3) is 0 Å². The third-order valence-electron chi connectivity index (χ3n) is 2.44. The first-order valence-electron chi connectivity index (χ1n) is 4.23. The predicted octanol–water partition coefficient (Wildman–Crippen LogP) is -1.26. The van der Waals surface area contributed by atoms with Crippen molar-refractivity contribution in [1.82, 2.24) is 9.21 Å². The molecule has 0 aromatic rings. The summed E-state index contributed by atoms with van der Waals surface area (Å²) >= 11 is 0. The van der Waals surface area contributed by atoms with Crippen molar-refractivity contribution in [3.05, 3.63) is 0 Å². The lowest BCUT2D eigenvalue weighted by Gasteiger charge is -2.42. The first-order chi connectivity index (χ1) is 6.17. The molecule has 0 unspecified atom stereocenters. The number of likely N-dealkylation sites (N-methyl/N-ethyl adjacent to an activating group) is 1. The molecule has 0 atom stereocenters. The second-order valence-electron chi connectivity index (χ2n) is 3.90. The molecule has 82 valence electrons. The molecule has 1 rings (SSSR count). The summed E-state index contributed by atoms with van der Waals surface area (Å²) in [6.07, 6.45) is 0. The Hall–Kier alpha value is -0.660. The molecule has 0 aliphatic carbocycles. The number of carbonyl (C=O) groups is 1. The Kier molecular flexibility index (Phi) is 2.59. The summed E-state index contributed by atoms with van der Waals surface area (Å²) in [5, 5.41) is 5.02. The van der Waals surface area contributed by atoms with Crippen LogP contribution in [-0.2, 0) is 15.0 Å². The quantitative estimate of drug-likeness (QED) is 0.600. The standard InChI is InChI=1S/C7H15N3O3S/c1-7(2)6(11)9(3)4-5-10(7)14(8,12)13/h4-5H2,1-3H3,(H2,8,12,13). The molecule has 6 nitrogen and oxygen atoms in total. The van der Waals surface area contributed by atoms with Crippen molar-refractivity contribution in [3.63, 3.8) is 0 Å². The molecule has 0 spiro atoms. The van der Waals surface area contributed by atoms with Gasteiger partial charge < -0.3 is 4.90 Å². The van der Waals surface area contributed by atoms with Crippen molar-refractivity contribution in [3.8, 4) is 0 Å². The molecule has 1 aliphatic heterocycles. The minimum absolute atomic E-state index is 0.238. The van der Waals surface area contributed by atoms with Gasteiger partial charge in [-0.2, -0.15) is 12.7 Å². The summed E-state index contributed by atoms with van der Waals surface area (Å²) in [5.74, 6) is -0.238. The lowest BCUT2D eigenvalue weighted by molar-refractivity contribution is -0.142. The molecule has 2 N–H and O–H groups in total. The number of hydrogen-bond acceptors (Lipinski definition) is 3. The van der Waals surface area contributed by atoms with Crippen LogP contribution in [0.2, 0.25) is 0 Å². The van der Waals surface area contributed by atoms with Crippen LogP contribution in [0, 0.1) is 0 Å². The Balaban J connectivity index is 3.08. The van der Waals surface area contributed by atoms with Gasteiger partial charge in [-0.1, -0.05) is 0 Å². The highest BCUT2D eigenvalue weighted by molar-refractivity contribution is 7.86. The summed E-state index contributed by atoms with van der Waals surface area (Å²) < 4.78 is 23.4. The Morgan fingerprint density at radius 2 is 1.86 bits per heavy atom. The molecule has 1 fully saturated rings. The van der Waals surface area contributed by atoms with Crippen LogP contribution in [0.4, 0.5) is 0 Å². The van der Waals surface area contributed by atoms with Crippen LogP contribution in [0.1, 0.15) is 13.8 Å². The second kappa shape index (κ2) is 3.18. The minimum atomic E-state index is -3.80. The summed E-state index contributed by atoms with van der Waals surface area (Å²) in [4.78, 5) is 13.2. The van der Waals surface area contributed by atoms with Crippen molar-refractivity contribution in [2.45, 2.75) is 19.4 Å². The highest BCUT2D eigenvalue weighted by Gasteiger charge is 2.45. The van der Waals surface area contributed by atoms with E-state index in [0.29, 0.717) is 6.54 Å². The molecule has 1 heterocycles. The molecule has 7 heteroatoms. The van der Waals surface area contributed by atoms with Gasteiger partial charge in [0, 0.05) is 20.1 Å². The Labute approximate surface area is 83.8 Å². The van der Waals surface area contributed by atoms with Crippen molar-refractivity contribution in [2.75, 3.05) is 20.1 Å². The van der Waals surface area contributed by atoms with Gasteiger partial charge in [0.2, 0.25) is 5.91 Å². The van der Waals surface area contributed by atoms with Gasteiger partial charge in [-0.25, -0.2) is 5.14 Å². The molecule has 0 aromatic carbocycles. The fraction of sp³-hybridized carbons (Fsp3) is 0.857. The Bertz CT molecular complexity index is 349. The molecular formula is C7H15N3O3S. The molecule has 1 amide bonds. The Morgan fingerprint density at radius 1 is 1.36 bits per heavy atom. The van der Waals surface area contributed by atoms with Crippen molar-refractivity contribution in [1.29, 1.82) is 0 Å². The van der Waals surface area contributed by atoms with Crippen molar-refractivity contribution >= 4 is 16.1 Å². The number of amides is 1. The molecule has 14 heavy (non-hydrogen) atoms. The van der Waals surface area contributed by atoms with Gasteiger partial charge in [0.25, 0.3) is 10.2 Å². The van der Waals surface area contributed by atoms with Crippen molar-refractivity contribution in [2.24, 2.45) is 5.14 Å². The Morgan fingerprint density at radius 3 is 2.29 bits per heavy atom. The summed E-state index contributed by atoms with van der Waals surface area (Å²) in [6, 6.07) is 0. The van der Waals surface area contributed by atoms with E-state index in [0.717, 1.165) is 4.31 Å². The van der Waals surface area contributed by atoms with Gasteiger partial charge in [-0.05, 0) is 13.8 Å². The smallest absolute Gasteiger partial charge is 0.277 e. The highest BCUT2D eigenvalue weighted by Crippen LogP contribution is 2.23. The third kappa shape index (κ3) is 1.75. The lowest BCUT2D eigenvalue weighted by Crippen LogP contribution is -2.64. The molecule has 1 saturated heterocycles. The zero-order valence-corrected chi connectivity index (χ0v) is 9.34. The van der Waals surface area contributed by atoms with Crippen molar-refractivity contribution < 1.29 is 13.2 Å². The molecule has 0 aromatic heterocycles. The van der Waals surface area contributed by atoms with Crippen LogP contribution < -0.4 is 5.14 Å². The van der Waals surface area contributed by atoms with E-state index < -0.39 is 15.7 Å². The number of carbonyl (C=O) groups excluding carboxylic acids is 1. The van der Waals surface area contributed by atoms with E-state index in [-0.39, 0.29) is 12.5 Å². The fourth-order valence-corrected chi connectivity index (χ4v) is 2.69. The number of nitrogens with two attached hydrogens (primary N) is 1. The molecule has 0 saturated carbocycles. The van der Waals surface area contributed by atoms with Crippen LogP contribution in [0.5, 0.6) is 0 Å². The number of piperazine rings is 1. The van der Waals surface area contributed by atoms with Gasteiger partial charge >= 0.3 is 0 Å². The number of rotatable bonds is 1. The summed E-state index contributed by atoms with van der Waals surface area (Å²) in [5.41, 5.74) is -1.08. The third-order valence-corrected chi connectivity index (χ3v) is 3.69. The molecule has 0 radical (unpaired) electrons. The summed E-state index contributed by atoms with van der Waals surface area (Å²) in [7, 11) is -2.16.